The van der Waals surface area contributed by atoms with Crippen LogP contribution in [0, 0.1) is 5.82 Å². The SMILES string of the molecule is CCCC(C)(N)C(=O)Nc1ccccc1F. The maximum Gasteiger partial charge on any atom is 0.244 e. The van der Waals surface area contributed by atoms with Crippen molar-refractivity contribution in [1.29, 1.82) is 0 Å². The van der Waals surface area contributed by atoms with E-state index in [1.807, 2.05) is 6.92 Å². The maximum atomic E-state index is 13.3. The topological polar surface area (TPSA) is 55.1 Å². The van der Waals surface area contributed by atoms with Crippen LogP contribution in [0.15, 0.2) is 24.3 Å². The van der Waals surface area contributed by atoms with Crippen molar-refractivity contribution in [3.63, 3.8) is 0 Å². The lowest BCUT2D eigenvalue weighted by molar-refractivity contribution is -0.120. The monoisotopic (exact) mass is 224 g/mol. The predicted octanol–water partition coefficient (Wildman–Crippen LogP) is 2.28. The number of carbonyl (C=O) groups is 1. The molecule has 0 aliphatic rings. The second kappa shape index (κ2) is 5.07. The van der Waals surface area contributed by atoms with Gasteiger partial charge >= 0.3 is 0 Å². The molecule has 3 nitrogen and oxygen atoms in total. The fraction of sp³-hybridized carbons (Fsp3) is 0.417. The normalized spacial score (nSPS) is 14.2. The van der Waals surface area contributed by atoms with E-state index in [0.717, 1.165) is 6.42 Å². The average molecular weight is 224 g/mol. The Bertz CT molecular complexity index is 377. The third-order valence-corrected chi connectivity index (χ3v) is 2.41. The molecule has 88 valence electrons. The molecule has 1 aromatic carbocycles. The molecule has 0 aromatic heterocycles. The number of rotatable bonds is 4. The molecule has 4 heteroatoms. The van der Waals surface area contributed by atoms with Crippen LogP contribution in [-0.4, -0.2) is 11.4 Å². The summed E-state index contributed by atoms with van der Waals surface area (Å²) in [4.78, 5) is 11.8. The van der Waals surface area contributed by atoms with Gasteiger partial charge in [-0.2, -0.15) is 0 Å². The molecule has 0 heterocycles. The Morgan fingerprint density at radius 1 is 1.50 bits per heavy atom. The minimum Gasteiger partial charge on any atom is -0.322 e. The minimum absolute atomic E-state index is 0.167. The van der Waals surface area contributed by atoms with E-state index in [1.165, 1.54) is 12.1 Å². The highest BCUT2D eigenvalue weighted by Gasteiger charge is 2.27. The van der Waals surface area contributed by atoms with E-state index in [1.54, 1.807) is 19.1 Å². The lowest BCUT2D eigenvalue weighted by Crippen LogP contribution is -2.48. The summed E-state index contributed by atoms with van der Waals surface area (Å²) in [6.07, 6.45) is 1.37. The molecule has 0 saturated heterocycles. The highest BCUT2D eigenvalue weighted by atomic mass is 19.1. The van der Waals surface area contributed by atoms with Gasteiger partial charge in [0.1, 0.15) is 5.82 Å². The summed E-state index contributed by atoms with van der Waals surface area (Å²) in [5.41, 5.74) is 5.04. The molecule has 1 rings (SSSR count). The van der Waals surface area contributed by atoms with Gasteiger partial charge in [-0.25, -0.2) is 4.39 Å². The molecule has 16 heavy (non-hydrogen) atoms. The summed E-state index contributed by atoms with van der Waals surface area (Å²) >= 11 is 0. The Balaban J connectivity index is 2.75. The first-order chi connectivity index (χ1) is 7.47. The van der Waals surface area contributed by atoms with Gasteiger partial charge in [-0.15, -0.1) is 0 Å². The van der Waals surface area contributed by atoms with E-state index in [9.17, 15) is 9.18 Å². The van der Waals surface area contributed by atoms with E-state index >= 15 is 0 Å². The molecule has 1 atom stereocenters. The van der Waals surface area contributed by atoms with Crippen molar-refractivity contribution >= 4 is 11.6 Å². The van der Waals surface area contributed by atoms with E-state index in [0.29, 0.717) is 6.42 Å². The number of anilines is 1. The van der Waals surface area contributed by atoms with Crippen LogP contribution in [0.4, 0.5) is 10.1 Å². The van der Waals surface area contributed by atoms with E-state index in [-0.39, 0.29) is 11.6 Å². The van der Waals surface area contributed by atoms with Gasteiger partial charge in [-0.1, -0.05) is 25.5 Å². The number of nitrogens with two attached hydrogens (primary N) is 1. The van der Waals surface area contributed by atoms with Crippen LogP contribution in [0.5, 0.6) is 0 Å². The van der Waals surface area contributed by atoms with Gasteiger partial charge in [0.15, 0.2) is 0 Å². The van der Waals surface area contributed by atoms with Crippen LogP contribution in [0.2, 0.25) is 0 Å². The van der Waals surface area contributed by atoms with Crippen molar-refractivity contribution in [2.24, 2.45) is 5.73 Å². The molecule has 3 N–H and O–H groups in total. The summed E-state index contributed by atoms with van der Waals surface area (Å²) in [6.45, 7) is 3.59. The number of benzene rings is 1. The molecular weight excluding hydrogens is 207 g/mol. The maximum absolute atomic E-state index is 13.3. The van der Waals surface area contributed by atoms with Gasteiger partial charge < -0.3 is 11.1 Å². The van der Waals surface area contributed by atoms with Crippen molar-refractivity contribution in [2.45, 2.75) is 32.2 Å². The molecule has 1 amide bonds. The first-order valence-corrected chi connectivity index (χ1v) is 5.32. The molecule has 0 aliphatic heterocycles. The second-order valence-electron chi connectivity index (χ2n) is 4.10. The van der Waals surface area contributed by atoms with Crippen molar-refractivity contribution in [1.82, 2.24) is 0 Å². The van der Waals surface area contributed by atoms with Crippen molar-refractivity contribution in [3.8, 4) is 0 Å². The van der Waals surface area contributed by atoms with Gasteiger partial charge in [-0.05, 0) is 25.5 Å². The number of para-hydroxylation sites is 1. The largest absolute Gasteiger partial charge is 0.322 e. The molecule has 0 fully saturated rings. The summed E-state index contributed by atoms with van der Waals surface area (Å²) in [6, 6.07) is 6.03. The Morgan fingerprint density at radius 2 is 2.12 bits per heavy atom. The summed E-state index contributed by atoms with van der Waals surface area (Å²) in [5, 5.41) is 2.50. The average Bonchev–Trinajstić information content (AvgIpc) is 2.21. The van der Waals surface area contributed by atoms with E-state index in [2.05, 4.69) is 5.32 Å². The highest BCUT2D eigenvalue weighted by molar-refractivity contribution is 5.97. The Morgan fingerprint density at radius 3 is 2.69 bits per heavy atom. The smallest absolute Gasteiger partial charge is 0.244 e. The molecule has 0 bridgehead atoms. The molecular formula is C12H17FN2O. The molecule has 0 saturated carbocycles. The van der Waals surface area contributed by atoms with Crippen LogP contribution in [0.25, 0.3) is 0 Å². The molecule has 1 aromatic rings. The van der Waals surface area contributed by atoms with Gasteiger partial charge in [0.05, 0.1) is 11.2 Å². The fourth-order valence-electron chi connectivity index (χ4n) is 1.46. The zero-order chi connectivity index (χ0) is 12.2. The first-order valence-electron chi connectivity index (χ1n) is 5.32. The number of amides is 1. The van der Waals surface area contributed by atoms with Crippen LogP contribution in [-0.2, 0) is 4.79 Å². The molecule has 0 spiro atoms. The van der Waals surface area contributed by atoms with E-state index < -0.39 is 11.4 Å². The standard InChI is InChI=1S/C12H17FN2O/c1-3-8-12(2,14)11(16)15-10-7-5-4-6-9(10)13/h4-7H,3,8,14H2,1-2H3,(H,15,16). The van der Waals surface area contributed by atoms with Crippen LogP contribution < -0.4 is 11.1 Å². The number of hydrogen-bond acceptors (Lipinski definition) is 2. The highest BCUT2D eigenvalue weighted by Crippen LogP contribution is 2.16. The minimum atomic E-state index is -0.961. The van der Waals surface area contributed by atoms with E-state index in [4.69, 9.17) is 5.73 Å². The van der Waals surface area contributed by atoms with Crippen molar-refractivity contribution in [2.75, 3.05) is 5.32 Å². The summed E-state index contributed by atoms with van der Waals surface area (Å²) < 4.78 is 13.3. The fourth-order valence-corrected chi connectivity index (χ4v) is 1.46. The Kier molecular flexibility index (Phi) is 4.01. The van der Waals surface area contributed by atoms with Crippen LogP contribution in [0.3, 0.4) is 0 Å². The van der Waals surface area contributed by atoms with Gasteiger partial charge in [0, 0.05) is 0 Å². The van der Waals surface area contributed by atoms with Gasteiger partial charge in [0.2, 0.25) is 5.91 Å². The van der Waals surface area contributed by atoms with Crippen LogP contribution >= 0.6 is 0 Å². The quantitative estimate of drug-likeness (QED) is 0.824. The van der Waals surface area contributed by atoms with Gasteiger partial charge in [-0.3, -0.25) is 4.79 Å². The van der Waals surface area contributed by atoms with Crippen LogP contribution in [0.1, 0.15) is 26.7 Å². The molecule has 0 aliphatic carbocycles. The lowest BCUT2D eigenvalue weighted by Gasteiger charge is -2.22. The second-order valence-corrected chi connectivity index (χ2v) is 4.10. The Hall–Kier alpha value is -1.42. The zero-order valence-corrected chi connectivity index (χ0v) is 9.59. The number of hydrogen-bond donors (Lipinski definition) is 2. The number of nitrogens with one attached hydrogen (secondary N) is 1. The molecule has 0 radical (unpaired) electrons. The summed E-state index contributed by atoms with van der Waals surface area (Å²) in [7, 11) is 0. The number of carbonyl (C=O) groups excluding carboxylic acids is 1. The first kappa shape index (κ1) is 12.6. The van der Waals surface area contributed by atoms with Crippen molar-refractivity contribution in [3.05, 3.63) is 30.1 Å². The zero-order valence-electron chi connectivity index (χ0n) is 9.59. The third kappa shape index (κ3) is 3.03. The summed E-state index contributed by atoms with van der Waals surface area (Å²) in [5.74, 6) is -0.817. The molecule has 1 unspecified atom stereocenters. The lowest BCUT2D eigenvalue weighted by atomic mass is 9.96. The number of halogens is 1. The Labute approximate surface area is 94.8 Å². The van der Waals surface area contributed by atoms with Gasteiger partial charge in [0.25, 0.3) is 0 Å². The van der Waals surface area contributed by atoms with Crippen molar-refractivity contribution < 1.29 is 9.18 Å². The predicted molar refractivity (Wildman–Crippen MR) is 62.5 cm³/mol. The third-order valence-electron chi connectivity index (χ3n) is 2.41.